The van der Waals surface area contributed by atoms with Gasteiger partial charge in [0, 0.05) is 25.1 Å². The van der Waals surface area contributed by atoms with Crippen LogP contribution >= 0.6 is 0 Å². The Morgan fingerprint density at radius 3 is 2.53 bits per heavy atom. The lowest BCUT2D eigenvalue weighted by molar-refractivity contribution is -0.120. The zero-order chi connectivity index (χ0) is 13.1. The lowest BCUT2D eigenvalue weighted by atomic mass is 9.88. The van der Waals surface area contributed by atoms with E-state index in [1.54, 1.807) is 0 Å². The molecule has 0 amide bonds. The van der Waals surface area contributed by atoms with Gasteiger partial charge >= 0.3 is 0 Å². The Hall–Kier alpha value is -1.83. The van der Waals surface area contributed by atoms with Crippen molar-refractivity contribution in [3.05, 3.63) is 42.5 Å². The number of carbonyl (C=O) groups is 1. The highest BCUT2D eigenvalue weighted by Crippen LogP contribution is 2.23. The van der Waals surface area contributed by atoms with E-state index in [1.165, 1.54) is 16.5 Å². The molecule has 1 N–H and O–H groups in total. The van der Waals surface area contributed by atoms with Crippen LogP contribution in [0.15, 0.2) is 42.5 Å². The monoisotopic (exact) mass is 253 g/mol. The van der Waals surface area contributed by atoms with Crippen LogP contribution in [0.4, 0.5) is 5.69 Å². The van der Waals surface area contributed by atoms with E-state index in [4.69, 9.17) is 0 Å². The predicted molar refractivity (Wildman–Crippen MR) is 79.4 cm³/mol. The number of fused-ring (bicyclic) bond motifs is 1. The lowest BCUT2D eigenvalue weighted by Gasteiger charge is -2.21. The summed E-state index contributed by atoms with van der Waals surface area (Å²) in [5.41, 5.74) is 1.18. The van der Waals surface area contributed by atoms with Crippen LogP contribution in [0.5, 0.6) is 0 Å². The van der Waals surface area contributed by atoms with E-state index in [-0.39, 0.29) is 0 Å². The maximum Gasteiger partial charge on any atom is 0.132 e. The Morgan fingerprint density at radius 1 is 1.00 bits per heavy atom. The van der Waals surface area contributed by atoms with E-state index in [9.17, 15) is 4.79 Å². The molecule has 2 aromatic rings. The van der Waals surface area contributed by atoms with Crippen molar-refractivity contribution in [2.45, 2.75) is 25.7 Å². The third kappa shape index (κ3) is 2.95. The summed E-state index contributed by atoms with van der Waals surface area (Å²) in [4.78, 5) is 11.2. The minimum absolute atomic E-state index is 0.432. The molecule has 0 radical (unpaired) electrons. The molecule has 1 fully saturated rings. The molecule has 0 spiro atoms. The minimum Gasteiger partial charge on any atom is -0.385 e. The van der Waals surface area contributed by atoms with E-state index in [1.807, 2.05) is 0 Å². The fraction of sp³-hybridized carbons (Fsp3) is 0.353. The van der Waals surface area contributed by atoms with Crippen molar-refractivity contribution in [1.29, 1.82) is 0 Å². The molecule has 1 saturated carbocycles. The summed E-state index contributed by atoms with van der Waals surface area (Å²) < 4.78 is 0. The van der Waals surface area contributed by atoms with Crippen molar-refractivity contribution in [3.63, 3.8) is 0 Å². The second-order valence-corrected chi connectivity index (χ2v) is 5.42. The van der Waals surface area contributed by atoms with Crippen molar-refractivity contribution in [3.8, 4) is 0 Å². The topological polar surface area (TPSA) is 29.1 Å². The minimum atomic E-state index is 0.432. The van der Waals surface area contributed by atoms with Gasteiger partial charge in [0.25, 0.3) is 0 Å². The van der Waals surface area contributed by atoms with Gasteiger partial charge in [-0.2, -0.15) is 0 Å². The fourth-order valence-electron chi connectivity index (χ4n) is 2.77. The first kappa shape index (κ1) is 12.2. The molecule has 19 heavy (non-hydrogen) atoms. The van der Waals surface area contributed by atoms with Gasteiger partial charge in [0.15, 0.2) is 0 Å². The molecule has 98 valence electrons. The summed E-state index contributed by atoms with van der Waals surface area (Å²) in [6.07, 6.45) is 3.62. The van der Waals surface area contributed by atoms with Gasteiger partial charge in [-0.05, 0) is 41.7 Å². The molecule has 1 aliphatic carbocycles. The van der Waals surface area contributed by atoms with Crippen LogP contribution in [-0.4, -0.2) is 12.3 Å². The van der Waals surface area contributed by atoms with Crippen molar-refractivity contribution in [1.82, 2.24) is 0 Å². The number of hydrogen-bond donors (Lipinski definition) is 1. The number of ketones is 1. The summed E-state index contributed by atoms with van der Waals surface area (Å²) >= 11 is 0. The fourth-order valence-corrected chi connectivity index (χ4v) is 2.77. The van der Waals surface area contributed by atoms with Crippen LogP contribution in [0.2, 0.25) is 0 Å². The summed E-state index contributed by atoms with van der Waals surface area (Å²) in [6, 6.07) is 14.9. The molecular weight excluding hydrogens is 234 g/mol. The maximum atomic E-state index is 11.2. The second-order valence-electron chi connectivity index (χ2n) is 5.42. The van der Waals surface area contributed by atoms with E-state index < -0.39 is 0 Å². The largest absolute Gasteiger partial charge is 0.385 e. The molecule has 0 bridgehead atoms. The highest BCUT2D eigenvalue weighted by molar-refractivity contribution is 5.85. The SMILES string of the molecule is O=C1CCC(CNc2ccc3ccccc3c2)CC1. The number of carbonyl (C=O) groups excluding carboxylic acids is 1. The van der Waals surface area contributed by atoms with Crippen LogP contribution in [-0.2, 0) is 4.79 Å². The highest BCUT2D eigenvalue weighted by atomic mass is 16.1. The van der Waals surface area contributed by atoms with Gasteiger partial charge in [0.1, 0.15) is 5.78 Å². The average Bonchev–Trinajstić information content (AvgIpc) is 2.46. The quantitative estimate of drug-likeness (QED) is 0.895. The average molecular weight is 253 g/mol. The van der Waals surface area contributed by atoms with Crippen molar-refractivity contribution in [2.24, 2.45) is 5.92 Å². The number of nitrogens with one attached hydrogen (secondary N) is 1. The van der Waals surface area contributed by atoms with Gasteiger partial charge in [0.05, 0.1) is 0 Å². The van der Waals surface area contributed by atoms with Crippen LogP contribution in [0.25, 0.3) is 10.8 Å². The summed E-state index contributed by atoms with van der Waals surface area (Å²) in [5, 5.41) is 6.05. The van der Waals surface area contributed by atoms with Gasteiger partial charge in [0.2, 0.25) is 0 Å². The van der Waals surface area contributed by atoms with E-state index in [2.05, 4.69) is 47.8 Å². The zero-order valence-corrected chi connectivity index (χ0v) is 11.1. The van der Waals surface area contributed by atoms with Crippen LogP contribution in [0, 0.1) is 5.92 Å². The lowest BCUT2D eigenvalue weighted by Crippen LogP contribution is -2.20. The first-order valence-corrected chi connectivity index (χ1v) is 7.05. The van der Waals surface area contributed by atoms with E-state index in [0.717, 1.165) is 32.2 Å². The van der Waals surface area contributed by atoms with Gasteiger partial charge in [-0.1, -0.05) is 30.3 Å². The van der Waals surface area contributed by atoms with Crippen LogP contribution in [0.3, 0.4) is 0 Å². The Labute approximate surface area is 113 Å². The molecule has 2 heteroatoms. The van der Waals surface area contributed by atoms with Gasteiger partial charge in [-0.3, -0.25) is 4.79 Å². The van der Waals surface area contributed by atoms with Gasteiger partial charge < -0.3 is 5.32 Å². The maximum absolute atomic E-state index is 11.2. The molecule has 2 nitrogen and oxygen atoms in total. The van der Waals surface area contributed by atoms with Gasteiger partial charge in [-0.25, -0.2) is 0 Å². The smallest absolute Gasteiger partial charge is 0.132 e. The predicted octanol–water partition coefficient (Wildman–Crippen LogP) is 4.01. The molecule has 0 heterocycles. The molecule has 0 aliphatic heterocycles. The Bertz CT molecular complexity index is 581. The Morgan fingerprint density at radius 2 is 1.74 bits per heavy atom. The number of Topliss-reactive ketones (excluding diaryl/α,β-unsaturated/α-hetero) is 1. The molecule has 1 aliphatic rings. The van der Waals surface area contributed by atoms with E-state index >= 15 is 0 Å². The van der Waals surface area contributed by atoms with Gasteiger partial charge in [-0.15, -0.1) is 0 Å². The van der Waals surface area contributed by atoms with Crippen molar-refractivity contribution in [2.75, 3.05) is 11.9 Å². The molecule has 2 aromatic carbocycles. The zero-order valence-electron chi connectivity index (χ0n) is 11.1. The molecular formula is C17H19NO. The summed E-state index contributed by atoms with van der Waals surface area (Å²) in [5.74, 6) is 1.08. The first-order chi connectivity index (χ1) is 9.31. The Kier molecular flexibility index (Phi) is 3.49. The van der Waals surface area contributed by atoms with Crippen molar-refractivity contribution >= 4 is 22.2 Å². The summed E-state index contributed by atoms with van der Waals surface area (Å²) in [7, 11) is 0. The molecule has 0 atom stereocenters. The number of anilines is 1. The first-order valence-electron chi connectivity index (χ1n) is 7.05. The number of rotatable bonds is 3. The Balaban J connectivity index is 1.63. The number of hydrogen-bond acceptors (Lipinski definition) is 2. The molecule has 0 aromatic heterocycles. The van der Waals surface area contributed by atoms with E-state index in [0.29, 0.717) is 11.7 Å². The summed E-state index contributed by atoms with van der Waals surface area (Å²) in [6.45, 7) is 0.978. The number of benzene rings is 2. The third-order valence-electron chi connectivity index (χ3n) is 4.01. The molecule has 0 unspecified atom stereocenters. The highest BCUT2D eigenvalue weighted by Gasteiger charge is 2.18. The standard InChI is InChI=1S/C17H19NO/c19-17-9-5-13(6-10-17)12-18-16-8-7-14-3-1-2-4-15(14)11-16/h1-4,7-8,11,13,18H,5-6,9-10,12H2. The molecule has 0 saturated heterocycles. The van der Waals surface area contributed by atoms with Crippen LogP contribution < -0.4 is 5.32 Å². The normalized spacial score (nSPS) is 16.7. The molecule has 3 rings (SSSR count). The second kappa shape index (κ2) is 5.43. The van der Waals surface area contributed by atoms with Crippen LogP contribution in [0.1, 0.15) is 25.7 Å². The van der Waals surface area contributed by atoms with Crippen molar-refractivity contribution < 1.29 is 4.79 Å². The third-order valence-corrected chi connectivity index (χ3v) is 4.01.